The van der Waals surface area contributed by atoms with Crippen molar-refractivity contribution in [3.05, 3.63) is 21.9 Å². The van der Waals surface area contributed by atoms with Gasteiger partial charge in [-0.25, -0.2) is 4.39 Å². The second-order valence-electron chi connectivity index (χ2n) is 5.57. The van der Waals surface area contributed by atoms with Gasteiger partial charge in [-0.05, 0) is 28.8 Å². The van der Waals surface area contributed by atoms with Crippen LogP contribution < -0.4 is 4.74 Å². The van der Waals surface area contributed by atoms with Crippen LogP contribution >= 0.6 is 15.9 Å². The summed E-state index contributed by atoms with van der Waals surface area (Å²) in [7, 11) is -0.493. The average molecular weight is 359 g/mol. The molecule has 1 aromatic carbocycles. The van der Waals surface area contributed by atoms with Gasteiger partial charge in [0.25, 0.3) is 0 Å². The number of benzene rings is 1. The largest absolute Gasteiger partial charge is 0.507 e. The summed E-state index contributed by atoms with van der Waals surface area (Å²) >= 11 is 3.03. The number of phenolic OH excluding ortho intramolecular Hbond substituents is 1. The highest BCUT2D eigenvalue weighted by molar-refractivity contribution is 9.10. The lowest BCUT2D eigenvalue weighted by molar-refractivity contribution is 0.0780. The fourth-order valence-corrected chi connectivity index (χ4v) is 3.24. The first-order chi connectivity index (χ1) is 9.97. The topological polar surface area (TPSA) is 56.2 Å². The van der Waals surface area contributed by atoms with Crippen molar-refractivity contribution in [2.45, 2.75) is 19.4 Å². The predicted octanol–water partition coefficient (Wildman–Crippen LogP) is 1.28. The number of aromatic hydroxyl groups is 1. The molecule has 1 fully saturated rings. The van der Waals surface area contributed by atoms with Gasteiger partial charge in [-0.3, -0.25) is 4.90 Å². The minimum Gasteiger partial charge on any atom is -0.507 e. The third kappa shape index (κ3) is 2.77. The van der Waals surface area contributed by atoms with E-state index in [0.29, 0.717) is 25.3 Å². The van der Waals surface area contributed by atoms with E-state index in [1.807, 2.05) is 4.81 Å². The van der Waals surface area contributed by atoms with E-state index in [1.54, 1.807) is 12.9 Å². The number of piperazine rings is 1. The Labute approximate surface area is 131 Å². The molecule has 0 aliphatic carbocycles. The fraction of sp³-hybridized carbons (Fsp3) is 0.538. The van der Waals surface area contributed by atoms with Crippen LogP contribution in [0.4, 0.5) is 4.39 Å². The number of nitrogens with zero attached hydrogens (tertiary/aromatic N) is 2. The van der Waals surface area contributed by atoms with Gasteiger partial charge in [0.2, 0.25) is 0 Å². The summed E-state index contributed by atoms with van der Waals surface area (Å²) in [6, 6.07) is 1.65. The second kappa shape index (κ2) is 5.76. The molecule has 21 heavy (non-hydrogen) atoms. The van der Waals surface area contributed by atoms with Crippen LogP contribution in [0.3, 0.4) is 0 Å². The van der Waals surface area contributed by atoms with Gasteiger partial charge in [0, 0.05) is 31.7 Å². The third-order valence-corrected chi connectivity index (χ3v) is 4.93. The molecule has 0 radical (unpaired) electrons. The maximum atomic E-state index is 14.2. The molecule has 1 saturated heterocycles. The first-order valence-corrected chi connectivity index (χ1v) is 7.75. The van der Waals surface area contributed by atoms with E-state index in [4.69, 9.17) is 4.74 Å². The average Bonchev–Trinajstić information content (AvgIpc) is 2.63. The number of halogens is 2. The molecule has 2 aliphatic heterocycles. The molecule has 0 spiro atoms. The second-order valence-corrected chi connectivity index (χ2v) is 6.37. The van der Waals surface area contributed by atoms with Crippen LogP contribution in [0.5, 0.6) is 11.5 Å². The van der Waals surface area contributed by atoms with Gasteiger partial charge < -0.3 is 19.7 Å². The highest BCUT2D eigenvalue weighted by Gasteiger charge is 2.34. The number of phenols is 1. The first-order valence-electron chi connectivity index (χ1n) is 6.96. The van der Waals surface area contributed by atoms with Crippen LogP contribution in [0.2, 0.25) is 6.82 Å². The lowest BCUT2D eigenvalue weighted by atomic mass is 9.83. The predicted molar refractivity (Wildman–Crippen MR) is 80.9 cm³/mol. The molecule has 0 saturated carbocycles. The maximum Gasteiger partial charge on any atom is 0.376 e. The summed E-state index contributed by atoms with van der Waals surface area (Å²) in [4.78, 5) is 4.18. The molecule has 2 heterocycles. The molecule has 5 nitrogen and oxygen atoms in total. The van der Waals surface area contributed by atoms with Gasteiger partial charge in [0.15, 0.2) is 11.6 Å². The quantitative estimate of drug-likeness (QED) is 0.741. The van der Waals surface area contributed by atoms with Crippen LogP contribution in [-0.4, -0.2) is 59.2 Å². The molecular weight excluding hydrogens is 342 g/mol. The Kier molecular flexibility index (Phi) is 4.13. The summed E-state index contributed by atoms with van der Waals surface area (Å²) in [5.74, 6) is -0.467. The van der Waals surface area contributed by atoms with Crippen molar-refractivity contribution >= 4 is 23.0 Å². The summed E-state index contributed by atoms with van der Waals surface area (Å²) < 4.78 is 19.9. The van der Waals surface area contributed by atoms with E-state index < -0.39 is 12.9 Å². The summed E-state index contributed by atoms with van der Waals surface area (Å²) in [5, 5.41) is 19.5. The van der Waals surface area contributed by atoms with Crippen molar-refractivity contribution in [2.24, 2.45) is 0 Å². The van der Waals surface area contributed by atoms with Crippen LogP contribution in [-0.2, 0) is 6.54 Å². The zero-order valence-corrected chi connectivity index (χ0v) is 13.3. The summed E-state index contributed by atoms with van der Waals surface area (Å²) in [5.41, 5.74) is 0.654. The van der Waals surface area contributed by atoms with E-state index in [1.165, 1.54) is 0 Å². The lowest BCUT2D eigenvalue weighted by Gasteiger charge is -2.40. The molecule has 0 amide bonds. The van der Waals surface area contributed by atoms with Gasteiger partial charge in [0.05, 0.1) is 10.5 Å². The maximum absolute atomic E-state index is 14.2. The van der Waals surface area contributed by atoms with E-state index in [9.17, 15) is 14.5 Å². The number of fused-ring (bicyclic) bond motifs is 2. The molecule has 114 valence electrons. The SMILES string of the molecule is CB(O)N1CCN2Cc3cc(O)c(Br)c(F)c3OC[C@H]2C1. The highest BCUT2D eigenvalue weighted by atomic mass is 79.9. The lowest BCUT2D eigenvalue weighted by Crippen LogP contribution is -2.57. The van der Waals surface area contributed by atoms with Crippen LogP contribution in [0.25, 0.3) is 0 Å². The smallest absolute Gasteiger partial charge is 0.376 e. The molecule has 2 N–H and O–H groups in total. The van der Waals surface area contributed by atoms with Crippen molar-refractivity contribution in [3.63, 3.8) is 0 Å². The van der Waals surface area contributed by atoms with E-state index in [0.717, 1.165) is 13.1 Å². The van der Waals surface area contributed by atoms with Crippen LogP contribution in [0.15, 0.2) is 10.5 Å². The zero-order chi connectivity index (χ0) is 15.1. The molecule has 0 bridgehead atoms. The van der Waals surface area contributed by atoms with Crippen molar-refractivity contribution in [1.82, 2.24) is 9.71 Å². The highest BCUT2D eigenvalue weighted by Crippen LogP contribution is 2.38. The first kappa shape index (κ1) is 15.1. The molecule has 0 aromatic heterocycles. The molecule has 8 heteroatoms. The number of hydrogen-bond acceptors (Lipinski definition) is 5. The summed E-state index contributed by atoms with van der Waals surface area (Å²) in [6.45, 7) is 4.86. The van der Waals surface area contributed by atoms with Gasteiger partial charge in [-0.15, -0.1) is 0 Å². The minimum absolute atomic E-state index is 0.0340. The Morgan fingerprint density at radius 2 is 2.24 bits per heavy atom. The van der Waals surface area contributed by atoms with E-state index >= 15 is 0 Å². The number of ether oxygens (including phenoxy) is 1. The van der Waals surface area contributed by atoms with E-state index in [-0.39, 0.29) is 22.0 Å². The van der Waals surface area contributed by atoms with Gasteiger partial charge >= 0.3 is 7.05 Å². The van der Waals surface area contributed by atoms with Crippen molar-refractivity contribution in [3.8, 4) is 11.5 Å². The normalized spacial score (nSPS) is 23.0. The minimum atomic E-state index is -0.558. The molecule has 2 aliphatic rings. The van der Waals surface area contributed by atoms with E-state index in [2.05, 4.69) is 20.8 Å². The molecule has 0 unspecified atom stereocenters. The number of hydrogen-bond donors (Lipinski definition) is 2. The molecule has 3 rings (SSSR count). The van der Waals surface area contributed by atoms with Crippen LogP contribution in [0, 0.1) is 5.82 Å². The van der Waals surface area contributed by atoms with Crippen LogP contribution in [0.1, 0.15) is 5.56 Å². The zero-order valence-electron chi connectivity index (χ0n) is 11.7. The van der Waals surface area contributed by atoms with Gasteiger partial charge in [-0.1, -0.05) is 0 Å². The summed E-state index contributed by atoms with van der Waals surface area (Å²) in [6.07, 6.45) is 0. The Morgan fingerprint density at radius 1 is 1.48 bits per heavy atom. The standard InChI is InChI=1S/C13H17BBrFN2O3/c1-14(20)18-3-2-17-5-8-4-10(19)11(15)12(16)13(8)21-7-9(17)6-18/h4,9,19-20H,2-3,5-7H2,1H3/t9-/m1/s1. The van der Waals surface area contributed by atoms with Gasteiger partial charge in [0.1, 0.15) is 12.4 Å². The fourth-order valence-electron chi connectivity index (χ4n) is 2.94. The third-order valence-electron chi connectivity index (χ3n) is 4.18. The molecule has 1 aromatic rings. The van der Waals surface area contributed by atoms with Crippen molar-refractivity contribution in [2.75, 3.05) is 26.2 Å². The Hall–Kier alpha value is -0.825. The van der Waals surface area contributed by atoms with Crippen molar-refractivity contribution < 1.29 is 19.3 Å². The molecular formula is C13H17BBrFN2O3. The van der Waals surface area contributed by atoms with Gasteiger partial charge in [-0.2, -0.15) is 0 Å². The Bertz CT molecular complexity index is 561. The number of rotatable bonds is 1. The molecule has 1 atom stereocenters. The monoisotopic (exact) mass is 358 g/mol. The Morgan fingerprint density at radius 3 is 2.95 bits per heavy atom. The van der Waals surface area contributed by atoms with Crippen molar-refractivity contribution in [1.29, 1.82) is 0 Å². The Balaban J connectivity index is 1.87.